The minimum atomic E-state index is -3.25. The number of hydrogen-bond acceptors (Lipinski definition) is 5. The molecule has 96 valence electrons. The lowest BCUT2D eigenvalue weighted by Crippen LogP contribution is -2.34. The molecule has 1 aromatic heterocycles. The fourth-order valence-electron chi connectivity index (χ4n) is 2.09. The third-order valence-electron chi connectivity index (χ3n) is 2.90. The van der Waals surface area contributed by atoms with Crippen molar-refractivity contribution in [3.8, 4) is 0 Å². The second-order valence-electron chi connectivity index (χ2n) is 4.26. The van der Waals surface area contributed by atoms with Crippen molar-refractivity contribution in [2.75, 3.05) is 12.3 Å². The molecule has 3 rings (SSSR count). The Morgan fingerprint density at radius 3 is 2.83 bits per heavy atom. The van der Waals surface area contributed by atoms with Gasteiger partial charge in [0, 0.05) is 27.3 Å². The van der Waals surface area contributed by atoms with E-state index in [0.717, 1.165) is 5.70 Å². The normalized spacial score (nSPS) is 21.6. The van der Waals surface area contributed by atoms with Crippen LogP contribution in [0.3, 0.4) is 0 Å². The van der Waals surface area contributed by atoms with Crippen LogP contribution in [-0.2, 0) is 10.0 Å². The summed E-state index contributed by atoms with van der Waals surface area (Å²) < 4.78 is 26.7. The fraction of sp³-hybridized carbons (Fsp3) is 0.364. The van der Waals surface area contributed by atoms with E-state index in [2.05, 4.69) is 24.3 Å². The van der Waals surface area contributed by atoms with Crippen LogP contribution in [0.5, 0.6) is 0 Å². The molecule has 0 fully saturated rings. The molecular formula is C11H12N2O2S3. The number of nitrogens with zero attached hydrogens (tertiary/aromatic N) is 2. The molecule has 1 aromatic rings. The molecule has 0 N–H and O–H groups in total. The van der Waals surface area contributed by atoms with Crippen LogP contribution in [0.25, 0.3) is 5.70 Å². The van der Waals surface area contributed by atoms with Gasteiger partial charge in [0.05, 0.1) is 11.4 Å². The van der Waals surface area contributed by atoms with Gasteiger partial charge in [-0.25, -0.2) is 8.42 Å². The van der Waals surface area contributed by atoms with Gasteiger partial charge in [0.2, 0.25) is 0 Å². The Morgan fingerprint density at radius 2 is 2.17 bits per heavy atom. The summed E-state index contributed by atoms with van der Waals surface area (Å²) in [6.45, 7) is 4.67. The number of thioether (sulfide) groups is 1. The van der Waals surface area contributed by atoms with Gasteiger partial charge in [0.15, 0.2) is 5.17 Å². The number of amidine groups is 1. The first-order valence-corrected chi connectivity index (χ1v) is 8.81. The van der Waals surface area contributed by atoms with Gasteiger partial charge in [-0.05, 0) is 19.9 Å². The molecule has 0 atom stereocenters. The van der Waals surface area contributed by atoms with E-state index in [-0.39, 0.29) is 5.75 Å². The van der Waals surface area contributed by atoms with Gasteiger partial charge in [-0.15, -0.1) is 15.7 Å². The standard InChI is InChI=1S/C11H12N2O2S3/c1-7-5-9(8(2)17-7)10-6-16-11-12-18(14,15)4-3-13(10)11/h5-6H,3-4H2,1-2H3. The summed E-state index contributed by atoms with van der Waals surface area (Å²) in [4.78, 5) is 4.53. The minimum absolute atomic E-state index is 0.0938. The molecule has 0 aliphatic carbocycles. The van der Waals surface area contributed by atoms with E-state index in [1.54, 1.807) is 11.3 Å². The molecule has 0 saturated carbocycles. The number of sulfonamides is 1. The molecule has 0 amide bonds. The van der Waals surface area contributed by atoms with Gasteiger partial charge in [-0.2, -0.15) is 0 Å². The monoisotopic (exact) mass is 300 g/mol. The predicted molar refractivity (Wildman–Crippen MR) is 77.3 cm³/mol. The van der Waals surface area contributed by atoms with Gasteiger partial charge < -0.3 is 4.90 Å². The predicted octanol–water partition coefficient (Wildman–Crippen LogP) is 2.41. The van der Waals surface area contributed by atoms with E-state index >= 15 is 0 Å². The molecule has 2 aliphatic rings. The SMILES string of the molecule is Cc1cc(C2=CSC3=NS(=O)(=O)CCN23)c(C)s1. The van der Waals surface area contributed by atoms with Crippen LogP contribution in [0.2, 0.25) is 0 Å². The van der Waals surface area contributed by atoms with Crippen LogP contribution < -0.4 is 0 Å². The Bertz CT molecular complexity index is 670. The van der Waals surface area contributed by atoms with Crippen LogP contribution in [0.4, 0.5) is 0 Å². The van der Waals surface area contributed by atoms with Gasteiger partial charge in [0.1, 0.15) is 0 Å². The smallest absolute Gasteiger partial charge is 0.257 e. The molecule has 0 saturated heterocycles. The van der Waals surface area contributed by atoms with E-state index in [1.807, 2.05) is 10.3 Å². The average Bonchev–Trinajstić information content (AvgIpc) is 2.79. The number of thiophene rings is 1. The van der Waals surface area contributed by atoms with Gasteiger partial charge >= 0.3 is 0 Å². The Kier molecular flexibility index (Phi) is 2.80. The summed E-state index contributed by atoms with van der Waals surface area (Å²) in [6, 6.07) is 2.15. The fourth-order valence-corrected chi connectivity index (χ4v) is 5.17. The third-order valence-corrected chi connectivity index (χ3v) is 6.00. The molecule has 7 heteroatoms. The van der Waals surface area contributed by atoms with Gasteiger partial charge in [-0.1, -0.05) is 11.8 Å². The highest BCUT2D eigenvalue weighted by Crippen LogP contribution is 2.38. The summed E-state index contributed by atoms with van der Waals surface area (Å²) >= 11 is 3.15. The first-order chi connectivity index (χ1) is 8.46. The van der Waals surface area contributed by atoms with Crippen molar-refractivity contribution in [3.05, 3.63) is 26.8 Å². The number of hydrogen-bond donors (Lipinski definition) is 0. The molecule has 0 aromatic carbocycles. The lowest BCUT2D eigenvalue weighted by Gasteiger charge is -2.24. The maximum atomic E-state index is 11.5. The highest BCUT2D eigenvalue weighted by molar-refractivity contribution is 8.17. The molecule has 0 bridgehead atoms. The first kappa shape index (κ1) is 12.3. The van der Waals surface area contributed by atoms with Gasteiger partial charge in [-0.3, -0.25) is 0 Å². The summed E-state index contributed by atoms with van der Waals surface area (Å²) in [5, 5.41) is 2.58. The van der Waals surface area contributed by atoms with Gasteiger partial charge in [0.25, 0.3) is 10.0 Å². The van der Waals surface area contributed by atoms with Crippen molar-refractivity contribution in [3.63, 3.8) is 0 Å². The molecule has 18 heavy (non-hydrogen) atoms. The van der Waals surface area contributed by atoms with Crippen molar-refractivity contribution < 1.29 is 8.42 Å². The summed E-state index contributed by atoms with van der Waals surface area (Å²) in [5.41, 5.74) is 2.27. The van der Waals surface area contributed by atoms with Crippen molar-refractivity contribution in [1.29, 1.82) is 0 Å². The first-order valence-electron chi connectivity index (χ1n) is 5.51. The minimum Gasteiger partial charge on any atom is -0.318 e. The highest BCUT2D eigenvalue weighted by Gasteiger charge is 2.32. The molecule has 4 nitrogen and oxygen atoms in total. The third kappa shape index (κ3) is 2.00. The van der Waals surface area contributed by atoms with Crippen LogP contribution in [0.1, 0.15) is 15.3 Å². The molecule has 0 unspecified atom stereocenters. The Morgan fingerprint density at radius 1 is 1.39 bits per heavy atom. The molecule has 0 spiro atoms. The van der Waals surface area contributed by atoms with Crippen molar-refractivity contribution in [1.82, 2.24) is 4.90 Å². The number of rotatable bonds is 1. The maximum absolute atomic E-state index is 11.5. The molecule has 3 heterocycles. The van der Waals surface area contributed by atoms with Crippen molar-refractivity contribution >= 4 is 44.0 Å². The Balaban J connectivity index is 2.01. The maximum Gasteiger partial charge on any atom is 0.257 e. The van der Waals surface area contributed by atoms with Crippen LogP contribution in [0.15, 0.2) is 15.9 Å². The lowest BCUT2D eigenvalue weighted by atomic mass is 10.2. The zero-order valence-corrected chi connectivity index (χ0v) is 12.5. The molecule has 2 aliphatic heterocycles. The van der Waals surface area contributed by atoms with E-state index in [1.165, 1.54) is 27.1 Å². The lowest BCUT2D eigenvalue weighted by molar-refractivity contribution is 0.567. The summed E-state index contributed by atoms with van der Waals surface area (Å²) in [7, 11) is -3.25. The van der Waals surface area contributed by atoms with Crippen LogP contribution >= 0.6 is 23.1 Å². The van der Waals surface area contributed by atoms with Crippen LogP contribution in [-0.4, -0.2) is 30.8 Å². The van der Waals surface area contributed by atoms with E-state index in [0.29, 0.717) is 11.7 Å². The number of fused-ring (bicyclic) bond motifs is 1. The highest BCUT2D eigenvalue weighted by atomic mass is 32.2. The zero-order valence-electron chi connectivity index (χ0n) is 10.0. The van der Waals surface area contributed by atoms with Crippen molar-refractivity contribution in [2.45, 2.75) is 13.8 Å². The molecular weight excluding hydrogens is 288 g/mol. The largest absolute Gasteiger partial charge is 0.318 e. The van der Waals surface area contributed by atoms with Crippen molar-refractivity contribution in [2.24, 2.45) is 4.40 Å². The number of aryl methyl sites for hydroxylation is 2. The Hall–Kier alpha value is -0.790. The second-order valence-corrected chi connectivity index (χ2v) is 8.31. The van der Waals surface area contributed by atoms with E-state index < -0.39 is 10.0 Å². The summed E-state index contributed by atoms with van der Waals surface area (Å²) in [6.07, 6.45) is 0. The Labute approximate surface area is 114 Å². The quantitative estimate of drug-likeness (QED) is 0.799. The second kappa shape index (κ2) is 4.11. The summed E-state index contributed by atoms with van der Waals surface area (Å²) in [5.74, 6) is 0.0938. The topological polar surface area (TPSA) is 49.7 Å². The van der Waals surface area contributed by atoms with E-state index in [4.69, 9.17) is 0 Å². The van der Waals surface area contributed by atoms with Crippen LogP contribution in [0, 0.1) is 13.8 Å². The average molecular weight is 300 g/mol. The van der Waals surface area contributed by atoms with E-state index in [9.17, 15) is 8.42 Å². The molecule has 0 radical (unpaired) electrons. The zero-order chi connectivity index (χ0) is 12.9.